The fourth-order valence-corrected chi connectivity index (χ4v) is 6.22. The van der Waals surface area contributed by atoms with Gasteiger partial charge in [-0.3, -0.25) is 28.8 Å². The zero-order chi connectivity index (χ0) is 37.2. The van der Waals surface area contributed by atoms with Crippen molar-refractivity contribution in [2.45, 2.75) is 45.7 Å². The highest BCUT2D eigenvalue weighted by Crippen LogP contribution is 2.16. The molecule has 0 saturated carbocycles. The van der Waals surface area contributed by atoms with Crippen molar-refractivity contribution in [2.24, 2.45) is 5.92 Å². The highest BCUT2D eigenvalue weighted by atomic mass is 16.2. The molecule has 1 aliphatic rings. The molecule has 0 aliphatic carbocycles. The zero-order valence-corrected chi connectivity index (χ0v) is 29.7. The maximum Gasteiger partial charge on any atom is 0.251 e. The normalized spacial score (nSPS) is 13.9. The van der Waals surface area contributed by atoms with Crippen LogP contribution in [-0.4, -0.2) is 83.3 Å². The molecule has 268 valence electrons. The Bertz CT molecular complexity index is 1900. The summed E-state index contributed by atoms with van der Waals surface area (Å²) in [7, 11) is 0. The van der Waals surface area contributed by atoms with E-state index in [-0.39, 0.29) is 61.9 Å². The Balaban J connectivity index is 1.24. The standard InChI is InChI=1S/C42H44N4O6/c1-28(2)25-36(43-40(50)35-16-10-15-34(27-35)29(3)47)41(51)45-21-23-46(24-22-45)42(52)37(26-30-11-6-4-7-12-30)44-39(49)33-19-17-32(18-20-33)38(48)31-13-8-5-9-14-31/h4-20,27-28,36-37H,21-26H2,1-3H3,(H,43,50)(H,44,49)/t36-,37?/m0/s1. The molecule has 1 heterocycles. The molecule has 1 fully saturated rings. The van der Waals surface area contributed by atoms with E-state index in [9.17, 15) is 28.8 Å². The van der Waals surface area contributed by atoms with Crippen LogP contribution in [0.5, 0.6) is 0 Å². The second-order valence-corrected chi connectivity index (χ2v) is 13.4. The van der Waals surface area contributed by atoms with Crippen molar-refractivity contribution < 1.29 is 28.8 Å². The number of piperazine rings is 1. The molecular weight excluding hydrogens is 656 g/mol. The highest BCUT2D eigenvalue weighted by molar-refractivity contribution is 6.09. The summed E-state index contributed by atoms with van der Waals surface area (Å²) in [5.74, 6) is -1.58. The number of rotatable bonds is 13. The van der Waals surface area contributed by atoms with Crippen LogP contribution < -0.4 is 10.6 Å². The van der Waals surface area contributed by atoms with E-state index in [1.54, 1.807) is 76.5 Å². The molecule has 1 saturated heterocycles. The molecule has 2 N–H and O–H groups in total. The van der Waals surface area contributed by atoms with E-state index in [0.717, 1.165) is 5.56 Å². The van der Waals surface area contributed by atoms with Crippen LogP contribution in [-0.2, 0) is 16.0 Å². The lowest BCUT2D eigenvalue weighted by molar-refractivity contribution is -0.141. The Kier molecular flexibility index (Phi) is 12.5. The summed E-state index contributed by atoms with van der Waals surface area (Å²) >= 11 is 0. The van der Waals surface area contributed by atoms with E-state index >= 15 is 0 Å². The largest absolute Gasteiger partial charge is 0.340 e. The summed E-state index contributed by atoms with van der Waals surface area (Å²) in [5, 5.41) is 5.79. The van der Waals surface area contributed by atoms with Crippen LogP contribution in [0, 0.1) is 5.92 Å². The first kappa shape index (κ1) is 37.4. The Morgan fingerprint density at radius 2 is 1.02 bits per heavy atom. The van der Waals surface area contributed by atoms with E-state index in [1.165, 1.54) is 13.0 Å². The third kappa shape index (κ3) is 9.66. The van der Waals surface area contributed by atoms with Crippen molar-refractivity contribution in [1.82, 2.24) is 20.4 Å². The summed E-state index contributed by atoms with van der Waals surface area (Å²) < 4.78 is 0. The Labute approximate surface area is 304 Å². The lowest BCUT2D eigenvalue weighted by atomic mass is 10.0. The first-order valence-corrected chi connectivity index (χ1v) is 17.5. The average molecular weight is 701 g/mol. The van der Waals surface area contributed by atoms with E-state index in [2.05, 4.69) is 10.6 Å². The van der Waals surface area contributed by atoms with E-state index < -0.39 is 23.9 Å². The number of ketones is 2. The molecule has 1 aliphatic heterocycles. The number of hydrogen-bond donors (Lipinski definition) is 2. The quantitative estimate of drug-likeness (QED) is 0.189. The van der Waals surface area contributed by atoms with Crippen LogP contribution in [0.2, 0.25) is 0 Å². The van der Waals surface area contributed by atoms with Crippen LogP contribution in [0.15, 0.2) is 109 Å². The van der Waals surface area contributed by atoms with Gasteiger partial charge >= 0.3 is 0 Å². The van der Waals surface area contributed by atoms with Gasteiger partial charge in [0.15, 0.2) is 11.6 Å². The summed E-state index contributed by atoms with van der Waals surface area (Å²) in [6.07, 6.45) is 0.686. The minimum Gasteiger partial charge on any atom is -0.340 e. The van der Waals surface area contributed by atoms with E-state index in [0.29, 0.717) is 34.2 Å². The predicted molar refractivity (Wildman–Crippen MR) is 198 cm³/mol. The molecule has 52 heavy (non-hydrogen) atoms. The van der Waals surface area contributed by atoms with Gasteiger partial charge in [-0.25, -0.2) is 0 Å². The van der Waals surface area contributed by atoms with Crippen molar-refractivity contribution in [3.63, 3.8) is 0 Å². The molecule has 4 amide bonds. The fourth-order valence-electron chi connectivity index (χ4n) is 6.22. The summed E-state index contributed by atoms with van der Waals surface area (Å²) in [6, 6.07) is 29.4. The topological polar surface area (TPSA) is 133 Å². The lowest BCUT2D eigenvalue weighted by Crippen LogP contribution is -2.59. The Hall–Kier alpha value is -5.90. The lowest BCUT2D eigenvalue weighted by Gasteiger charge is -2.38. The van der Waals surface area contributed by atoms with E-state index in [1.807, 2.05) is 50.2 Å². The average Bonchev–Trinajstić information content (AvgIpc) is 3.17. The van der Waals surface area contributed by atoms with E-state index in [4.69, 9.17) is 0 Å². The second kappa shape index (κ2) is 17.4. The molecule has 0 bridgehead atoms. The van der Waals surface area contributed by atoms with Gasteiger partial charge in [-0.15, -0.1) is 0 Å². The first-order chi connectivity index (χ1) is 25.0. The number of Topliss-reactive ketones (excluding diaryl/α,β-unsaturated/α-hetero) is 1. The Morgan fingerprint density at radius 3 is 1.60 bits per heavy atom. The highest BCUT2D eigenvalue weighted by Gasteiger charge is 2.33. The minimum atomic E-state index is -0.874. The van der Waals surface area contributed by atoms with Gasteiger partial charge in [0.25, 0.3) is 11.8 Å². The zero-order valence-electron chi connectivity index (χ0n) is 29.7. The Morgan fingerprint density at radius 1 is 0.558 bits per heavy atom. The number of benzene rings is 4. The predicted octanol–water partition coefficient (Wildman–Crippen LogP) is 4.98. The third-order valence-corrected chi connectivity index (χ3v) is 9.08. The van der Waals surface area contributed by atoms with Crippen molar-refractivity contribution in [1.29, 1.82) is 0 Å². The van der Waals surface area contributed by atoms with Gasteiger partial charge in [-0.05, 0) is 49.1 Å². The van der Waals surface area contributed by atoms with Crippen molar-refractivity contribution in [3.8, 4) is 0 Å². The summed E-state index contributed by atoms with van der Waals surface area (Å²) in [5.41, 5.74) is 2.90. The molecular formula is C42H44N4O6. The molecule has 5 rings (SSSR count). The summed E-state index contributed by atoms with van der Waals surface area (Å²) in [4.78, 5) is 82.4. The molecule has 4 aromatic rings. The third-order valence-electron chi connectivity index (χ3n) is 9.08. The van der Waals surface area contributed by atoms with Crippen LogP contribution in [0.4, 0.5) is 0 Å². The van der Waals surface area contributed by atoms with Crippen molar-refractivity contribution in [2.75, 3.05) is 26.2 Å². The van der Waals surface area contributed by atoms with Crippen molar-refractivity contribution in [3.05, 3.63) is 143 Å². The van der Waals surface area contributed by atoms with Crippen LogP contribution >= 0.6 is 0 Å². The number of nitrogens with one attached hydrogen (secondary N) is 2. The maximum absolute atomic E-state index is 14.0. The van der Waals surface area contributed by atoms with Gasteiger partial charge in [-0.2, -0.15) is 0 Å². The number of hydrogen-bond acceptors (Lipinski definition) is 6. The molecule has 0 aromatic heterocycles. The molecule has 2 atom stereocenters. The fraction of sp³-hybridized carbons (Fsp3) is 0.286. The van der Waals surface area contributed by atoms with Crippen molar-refractivity contribution >= 4 is 35.2 Å². The number of carbonyl (C=O) groups excluding carboxylic acids is 6. The smallest absolute Gasteiger partial charge is 0.251 e. The molecule has 1 unspecified atom stereocenters. The maximum atomic E-state index is 14.0. The number of amides is 4. The first-order valence-electron chi connectivity index (χ1n) is 17.5. The number of carbonyl (C=O) groups is 6. The molecule has 10 nitrogen and oxygen atoms in total. The molecule has 0 spiro atoms. The van der Waals surface area contributed by atoms with Crippen LogP contribution in [0.1, 0.15) is 79.8 Å². The van der Waals surface area contributed by atoms with Crippen LogP contribution in [0.25, 0.3) is 0 Å². The van der Waals surface area contributed by atoms with Gasteiger partial charge in [0.2, 0.25) is 11.8 Å². The van der Waals surface area contributed by atoms with Gasteiger partial charge < -0.3 is 20.4 Å². The molecule has 4 aromatic carbocycles. The monoisotopic (exact) mass is 700 g/mol. The number of nitrogens with zero attached hydrogens (tertiary/aromatic N) is 2. The molecule has 0 radical (unpaired) electrons. The second-order valence-electron chi connectivity index (χ2n) is 13.4. The van der Waals surface area contributed by atoms with Gasteiger partial charge in [0.1, 0.15) is 12.1 Å². The summed E-state index contributed by atoms with van der Waals surface area (Å²) in [6.45, 7) is 6.41. The molecule has 10 heteroatoms. The van der Waals surface area contributed by atoms with Gasteiger partial charge in [0.05, 0.1) is 0 Å². The SMILES string of the molecule is CC(=O)c1cccc(C(=O)N[C@@H](CC(C)C)C(=O)N2CCN(C(=O)C(Cc3ccccc3)NC(=O)c3ccc(C(=O)c4ccccc4)cc3)CC2)c1. The minimum absolute atomic E-state index is 0.114. The van der Waals surface area contributed by atoms with Crippen LogP contribution in [0.3, 0.4) is 0 Å². The van der Waals surface area contributed by atoms with Gasteiger partial charge in [0, 0.05) is 60.4 Å². The van der Waals surface area contributed by atoms with Gasteiger partial charge in [-0.1, -0.05) is 98.8 Å².